The molecule has 129 heavy (non-hydrogen) atoms. The molecule has 11 heterocycles. The third-order valence-electron chi connectivity index (χ3n) is 24.4. The van der Waals surface area contributed by atoms with Gasteiger partial charge in [0.25, 0.3) is 0 Å². The van der Waals surface area contributed by atoms with E-state index in [1.165, 1.54) is 71.1 Å². The van der Waals surface area contributed by atoms with Crippen LogP contribution in [-0.2, 0) is 28.4 Å². The van der Waals surface area contributed by atoms with E-state index >= 15 is 0 Å². The van der Waals surface area contributed by atoms with Crippen molar-refractivity contribution in [3.05, 3.63) is 266 Å². The van der Waals surface area contributed by atoms with Crippen LogP contribution < -0.4 is 23.7 Å². The molecule has 5 aromatic carbocycles. The predicted molar refractivity (Wildman–Crippen MR) is 500 cm³/mol. The molecule has 5 aromatic heterocycles. The fourth-order valence-electron chi connectivity index (χ4n) is 16.4. The van der Waals surface area contributed by atoms with E-state index in [1.807, 2.05) is 114 Å². The molecule has 0 atom stereocenters. The third kappa shape index (κ3) is 22.4. The summed E-state index contributed by atoms with van der Waals surface area (Å²) in [6.45, 7) is 35.4. The lowest BCUT2D eigenvalue weighted by molar-refractivity contribution is -0.0291. The number of carbonyl (C=O) groups is 2. The second-order valence-electron chi connectivity index (χ2n) is 33.3. The molecule has 1 saturated heterocycles. The van der Waals surface area contributed by atoms with Crippen molar-refractivity contribution in [1.29, 1.82) is 0 Å². The number of rotatable bonds is 30. The smallest absolute Gasteiger partial charge is 0.154 e. The van der Waals surface area contributed by atoms with Crippen LogP contribution in [-0.4, -0.2) is 189 Å². The molecule has 18 rings (SSSR count). The van der Waals surface area contributed by atoms with Crippen molar-refractivity contribution in [2.45, 2.75) is 143 Å². The highest BCUT2D eigenvalue weighted by molar-refractivity contribution is 6.31. The third-order valence-corrected chi connectivity index (χ3v) is 24.8. The fourth-order valence-corrected chi connectivity index (χ4v) is 16.6. The van der Waals surface area contributed by atoms with Gasteiger partial charge in [-0.25, -0.2) is 0 Å². The van der Waals surface area contributed by atoms with Gasteiger partial charge in [0, 0.05) is 76.0 Å². The zero-order valence-corrected chi connectivity index (χ0v) is 75.5. The van der Waals surface area contributed by atoms with Gasteiger partial charge in [0.2, 0.25) is 0 Å². The van der Waals surface area contributed by atoms with Crippen molar-refractivity contribution in [3.8, 4) is 46.0 Å². The number of aromatic hydroxyl groups is 3. The number of carbonyl (C=O) groups excluding carboxylic acids is 2. The molecule has 0 spiro atoms. The van der Waals surface area contributed by atoms with Gasteiger partial charge in [-0.2, -0.15) is 25.5 Å². The molecule has 0 radical (unpaired) electrons. The molecular formula is C102H117ClN10O16. The van der Waals surface area contributed by atoms with Crippen molar-refractivity contribution in [1.82, 2.24) is 48.9 Å². The molecule has 0 bridgehead atoms. The van der Waals surface area contributed by atoms with Gasteiger partial charge >= 0.3 is 0 Å². The first-order chi connectivity index (χ1) is 62.9. The molecule has 0 unspecified atom stereocenters. The molecular weight excluding hydrogens is 1660 g/mol. The summed E-state index contributed by atoms with van der Waals surface area (Å²) < 4.78 is 74.2. The van der Waals surface area contributed by atoms with Gasteiger partial charge in [-0.3, -0.25) is 33.0 Å². The van der Waals surface area contributed by atoms with Crippen molar-refractivity contribution in [3.63, 3.8) is 0 Å². The average molecular weight is 1770 g/mol. The van der Waals surface area contributed by atoms with Crippen molar-refractivity contribution in [2.75, 3.05) is 112 Å². The first-order valence-electron chi connectivity index (χ1n) is 44.4. The Labute approximate surface area is 759 Å². The maximum atomic E-state index is 11.5. The van der Waals surface area contributed by atoms with E-state index in [9.17, 15) is 24.9 Å². The summed E-state index contributed by atoms with van der Waals surface area (Å²) in [6, 6.07) is 35.2. The second kappa shape index (κ2) is 44.7. The summed E-state index contributed by atoms with van der Waals surface area (Å²) in [4.78, 5) is 22.9. The van der Waals surface area contributed by atoms with Gasteiger partial charge in [0.15, 0.2) is 12.6 Å². The number of aromatic nitrogens is 10. The van der Waals surface area contributed by atoms with Gasteiger partial charge in [0.05, 0.1) is 154 Å². The number of hydrogen-bond acceptors (Lipinski definition) is 21. The molecule has 2 aliphatic carbocycles. The van der Waals surface area contributed by atoms with Crippen LogP contribution in [0, 0.1) is 20.8 Å². The molecule has 8 aliphatic rings. The molecule has 27 heteroatoms. The highest BCUT2D eigenvalue weighted by atomic mass is 35.5. The zero-order valence-electron chi connectivity index (χ0n) is 74.8. The Hall–Kier alpha value is -12.1. The molecule has 3 N–H and O–H groups in total. The van der Waals surface area contributed by atoms with Crippen LogP contribution in [0.25, 0.3) is 46.1 Å². The summed E-state index contributed by atoms with van der Waals surface area (Å²) >= 11 is 6.10. The molecule has 10 aromatic rings. The lowest BCUT2D eigenvalue weighted by Gasteiger charge is -2.29. The fraction of sp³-hybridized carbons (Fsp3) is 0.382. The lowest BCUT2D eigenvalue weighted by atomic mass is 9.92. The van der Waals surface area contributed by atoms with Crippen molar-refractivity contribution in [2.24, 2.45) is 0 Å². The topological polar surface area (TPSA) is 285 Å². The van der Waals surface area contributed by atoms with Gasteiger partial charge < -0.3 is 67.4 Å². The molecule has 0 amide bonds. The standard InChI is InChI=1S/C21H24N2O3.C21H26N2O3.C20H23ClN2O3.C20H22N2O4.C20H22N2O3/c1-2-17-20(24)7-4-8-21(17)26-13-15-10-12-25-14-18(15)19-9-11-22-23(19)16-5-3-6-16;1-14(2)23-20(7-9-22-23)19-13-25-10-8-17(19)12-26-21-6-5-15(3)16(4)18(21)11-24;1-13(2)23-19(6-8-22-23)17-12-25-9-7-15(17)11-26-20-5-4-18(21)14(3)16(20)10-24;1-2-16-19(23)4-3-5-20(16)26-10-14-7-9-24-13-17(14)18-6-8-21-22(18)15-11-25-12-15;1-2-16-19(23)4-3-5-20(16)25-12-14-9-11-24-13-17(14)18-8-10-21-22(18)15-6-7-15/h2,4,7-9,11,16,24H,1,3,5-6,10,12-14H2;5-7,9,11,14H,8,10,12-13H2,1-4H3;4-6,8,10,13H,7,9,11-12H2,1-3H3;2-6,8,15,23H,1,7,9-13H2;2-5,8,10,15,23H,1,6-7,9,11-13H2. The molecule has 678 valence electrons. The van der Waals surface area contributed by atoms with Crippen molar-refractivity contribution < 1.29 is 77.0 Å². The van der Waals surface area contributed by atoms with E-state index in [1.54, 1.807) is 66.8 Å². The minimum atomic E-state index is 0.168. The van der Waals surface area contributed by atoms with Crippen LogP contribution in [0.4, 0.5) is 0 Å². The number of phenolic OH excluding ortho intramolecular Hbond substituents is 3. The largest absolute Gasteiger partial charge is 0.507 e. The van der Waals surface area contributed by atoms with Crippen LogP contribution in [0.1, 0.15) is 205 Å². The monoisotopic (exact) mass is 1770 g/mol. The minimum absolute atomic E-state index is 0.168. The summed E-state index contributed by atoms with van der Waals surface area (Å²) in [5.41, 5.74) is 23.0. The van der Waals surface area contributed by atoms with E-state index in [-0.39, 0.29) is 35.4 Å². The number of aryl methyl sites for hydroxylation is 1. The number of aldehydes is 2. The Morgan fingerprint density at radius 3 is 1.01 bits per heavy atom. The van der Waals surface area contributed by atoms with Crippen LogP contribution in [0.15, 0.2) is 188 Å². The molecule has 3 fully saturated rings. The quantitative estimate of drug-likeness (QED) is 0.0353. The highest BCUT2D eigenvalue weighted by Crippen LogP contribution is 2.42. The van der Waals surface area contributed by atoms with E-state index in [0.717, 1.165) is 107 Å². The van der Waals surface area contributed by atoms with Crippen molar-refractivity contribution >= 4 is 70.3 Å². The summed E-state index contributed by atoms with van der Waals surface area (Å²) in [5, 5.41) is 52.8. The maximum Gasteiger partial charge on any atom is 0.154 e. The number of halogens is 1. The average Bonchev–Trinajstić information content (AvgIpc) is 1.68. The summed E-state index contributed by atoms with van der Waals surface area (Å²) in [7, 11) is 0. The SMILES string of the molecule is C=Cc1c(O)cccc1OCC1=C(c2ccnn2C2CC2)COCC1.C=Cc1c(O)cccc1OCC1=C(c2ccnn2C2CCC2)COCC1.C=Cc1c(O)cccc1OCC1=C(c2ccnn2C2COC2)COCC1.Cc1c(Cl)ccc(OCC2=C(c3ccnn3C(C)C)COCC2)c1C=O.Cc1ccc(OCC2=C(c3ccnn3C(C)C)COCC2)c(C=O)c1C. The van der Waals surface area contributed by atoms with E-state index < -0.39 is 0 Å². The number of benzene rings is 5. The predicted octanol–water partition coefficient (Wildman–Crippen LogP) is 19.7. The van der Waals surface area contributed by atoms with Crippen LogP contribution in [0.2, 0.25) is 5.02 Å². The molecule has 6 aliphatic heterocycles. The number of nitrogens with zero attached hydrogens (tertiary/aromatic N) is 10. The van der Waals surface area contributed by atoms with Crippen LogP contribution in [0.3, 0.4) is 0 Å². The van der Waals surface area contributed by atoms with Crippen LogP contribution in [0.5, 0.6) is 46.0 Å². The van der Waals surface area contributed by atoms with Gasteiger partial charge in [-0.05, 0) is 242 Å². The van der Waals surface area contributed by atoms with E-state index in [0.29, 0.717) is 186 Å². The number of hydrogen-bond donors (Lipinski definition) is 3. The van der Waals surface area contributed by atoms with Gasteiger partial charge in [-0.15, -0.1) is 0 Å². The minimum Gasteiger partial charge on any atom is -0.507 e. The van der Waals surface area contributed by atoms with Gasteiger partial charge in [0.1, 0.15) is 79.0 Å². The maximum absolute atomic E-state index is 11.5. The zero-order chi connectivity index (χ0) is 90.5. The molecule has 2 saturated carbocycles. The Morgan fingerprint density at radius 1 is 0.388 bits per heavy atom. The second-order valence-corrected chi connectivity index (χ2v) is 33.7. The van der Waals surface area contributed by atoms with Gasteiger partial charge in [-0.1, -0.05) is 73.8 Å². The van der Waals surface area contributed by atoms with Crippen LogP contribution >= 0.6 is 11.6 Å². The summed E-state index contributed by atoms with van der Waals surface area (Å²) in [5.74, 6) is 3.63. The highest BCUT2D eigenvalue weighted by Gasteiger charge is 2.32. The Morgan fingerprint density at radius 2 is 0.698 bits per heavy atom. The number of phenols is 3. The first kappa shape index (κ1) is 93.0. The molecule has 26 nitrogen and oxygen atoms in total. The van der Waals surface area contributed by atoms with E-state index in [4.69, 9.17) is 63.7 Å². The first-order valence-corrected chi connectivity index (χ1v) is 44.7. The number of ether oxygens (including phenoxy) is 11. The Kier molecular flexibility index (Phi) is 32.3. The Bertz CT molecular complexity index is 5500. The lowest BCUT2D eigenvalue weighted by Crippen LogP contribution is -2.33. The van der Waals surface area contributed by atoms with E-state index in [2.05, 4.69) is 94.4 Å². The summed E-state index contributed by atoms with van der Waals surface area (Å²) in [6.07, 6.45) is 25.9. The Balaban J connectivity index is 0.000000130. The normalized spacial score (nSPS) is 16.6.